The van der Waals surface area contributed by atoms with Crippen LogP contribution in [0.25, 0.3) is 0 Å². The highest BCUT2D eigenvalue weighted by atomic mass is 32.1. The molecule has 0 bridgehead atoms. The highest BCUT2D eigenvalue weighted by Gasteiger charge is 2.39. The minimum Gasteiger partial charge on any atom is -0.480 e. The Morgan fingerprint density at radius 2 is 2.44 bits per heavy atom. The minimum absolute atomic E-state index is 0.206. The van der Waals surface area contributed by atoms with Crippen molar-refractivity contribution in [3.05, 3.63) is 22.4 Å². The summed E-state index contributed by atoms with van der Waals surface area (Å²) >= 11 is 1.69. The molecule has 0 spiro atoms. The zero-order chi connectivity index (χ0) is 11.6. The van der Waals surface area contributed by atoms with Gasteiger partial charge in [0.1, 0.15) is 6.61 Å². The zero-order valence-electron chi connectivity index (χ0n) is 9.18. The van der Waals surface area contributed by atoms with Crippen molar-refractivity contribution in [1.82, 2.24) is 4.90 Å². The molecule has 1 fully saturated rings. The minimum atomic E-state index is -0.905. The predicted molar refractivity (Wildman–Crippen MR) is 61.6 cm³/mol. The van der Waals surface area contributed by atoms with E-state index in [4.69, 9.17) is 9.84 Å². The second kappa shape index (κ2) is 4.53. The van der Waals surface area contributed by atoms with E-state index < -0.39 is 5.97 Å². The van der Waals surface area contributed by atoms with Gasteiger partial charge in [0, 0.05) is 19.6 Å². The number of rotatable bonds is 5. The first-order valence-corrected chi connectivity index (χ1v) is 6.11. The summed E-state index contributed by atoms with van der Waals surface area (Å²) in [6, 6.07) is 2.11. The lowest BCUT2D eigenvalue weighted by atomic mass is 9.96. The largest absolute Gasteiger partial charge is 0.480 e. The number of aliphatic carboxylic acids is 1. The summed E-state index contributed by atoms with van der Waals surface area (Å²) in [6.45, 7) is 4.28. The maximum atomic E-state index is 10.4. The highest BCUT2D eigenvalue weighted by molar-refractivity contribution is 7.07. The van der Waals surface area contributed by atoms with Crippen LogP contribution in [0.4, 0.5) is 0 Å². The van der Waals surface area contributed by atoms with Gasteiger partial charge in [0.05, 0.1) is 5.60 Å². The average molecular weight is 241 g/mol. The molecule has 4 nitrogen and oxygen atoms in total. The van der Waals surface area contributed by atoms with E-state index in [1.807, 2.05) is 6.92 Å². The summed E-state index contributed by atoms with van der Waals surface area (Å²) in [5.41, 5.74) is 1.03. The molecule has 1 aliphatic heterocycles. The summed E-state index contributed by atoms with van der Waals surface area (Å²) < 4.78 is 5.34. The van der Waals surface area contributed by atoms with E-state index in [9.17, 15) is 4.79 Å². The third kappa shape index (κ3) is 2.81. The van der Waals surface area contributed by atoms with Crippen molar-refractivity contribution in [2.45, 2.75) is 19.1 Å². The molecule has 1 aliphatic rings. The Labute approximate surface area is 98.4 Å². The lowest BCUT2D eigenvalue weighted by Gasteiger charge is -2.47. The molecule has 0 saturated carbocycles. The van der Waals surface area contributed by atoms with Crippen LogP contribution >= 0.6 is 11.3 Å². The molecule has 1 N–H and O–H groups in total. The molecular formula is C11H15NO3S. The first kappa shape index (κ1) is 11.6. The van der Waals surface area contributed by atoms with E-state index in [0.29, 0.717) is 0 Å². The van der Waals surface area contributed by atoms with Crippen LogP contribution < -0.4 is 0 Å². The third-order valence-electron chi connectivity index (χ3n) is 2.65. The SMILES string of the molecule is CC1(OCC(=O)O)CN(Cc2ccsc2)C1. The Hall–Kier alpha value is -0.910. The Balaban J connectivity index is 1.74. The number of thiophene rings is 1. The van der Waals surface area contributed by atoms with Crippen LogP contribution in [-0.2, 0) is 16.1 Å². The topological polar surface area (TPSA) is 49.8 Å². The van der Waals surface area contributed by atoms with Gasteiger partial charge in [-0.15, -0.1) is 0 Å². The van der Waals surface area contributed by atoms with Gasteiger partial charge in [-0.25, -0.2) is 4.79 Å². The summed E-state index contributed by atoms with van der Waals surface area (Å²) in [7, 11) is 0. The number of nitrogens with zero attached hydrogens (tertiary/aromatic N) is 1. The molecule has 0 unspecified atom stereocenters. The normalized spacial score (nSPS) is 19.3. The first-order chi connectivity index (χ1) is 7.57. The molecule has 1 saturated heterocycles. The van der Waals surface area contributed by atoms with E-state index in [-0.39, 0.29) is 12.2 Å². The van der Waals surface area contributed by atoms with Crippen molar-refractivity contribution in [1.29, 1.82) is 0 Å². The van der Waals surface area contributed by atoms with Crippen molar-refractivity contribution < 1.29 is 14.6 Å². The summed E-state index contributed by atoms with van der Waals surface area (Å²) in [5, 5.41) is 12.7. The quantitative estimate of drug-likeness (QED) is 0.847. The van der Waals surface area contributed by atoms with Gasteiger partial charge < -0.3 is 9.84 Å². The van der Waals surface area contributed by atoms with Crippen LogP contribution in [0, 0.1) is 0 Å². The Bertz CT molecular complexity index is 357. The summed E-state index contributed by atoms with van der Waals surface area (Å²) in [4.78, 5) is 12.6. The fourth-order valence-corrected chi connectivity index (χ4v) is 2.64. The predicted octanol–water partition coefficient (Wildman–Crippen LogP) is 1.42. The second-order valence-corrected chi connectivity index (χ2v) is 5.19. The van der Waals surface area contributed by atoms with Gasteiger partial charge in [-0.2, -0.15) is 11.3 Å². The summed E-state index contributed by atoms with van der Waals surface area (Å²) in [6.07, 6.45) is 0. The number of carboxylic acids is 1. The molecule has 0 amide bonds. The molecule has 16 heavy (non-hydrogen) atoms. The molecule has 0 radical (unpaired) electrons. The number of carboxylic acid groups (broad SMARTS) is 1. The molecule has 0 aliphatic carbocycles. The third-order valence-corrected chi connectivity index (χ3v) is 3.38. The molecule has 2 rings (SSSR count). The van der Waals surface area contributed by atoms with Crippen LogP contribution in [0.15, 0.2) is 16.8 Å². The van der Waals surface area contributed by atoms with Crippen LogP contribution in [0.3, 0.4) is 0 Å². The maximum absolute atomic E-state index is 10.4. The smallest absolute Gasteiger partial charge is 0.329 e. The number of carbonyl (C=O) groups is 1. The van der Waals surface area contributed by atoms with Gasteiger partial charge in [-0.05, 0) is 29.3 Å². The van der Waals surface area contributed by atoms with E-state index in [1.165, 1.54) is 5.56 Å². The van der Waals surface area contributed by atoms with Crippen molar-refractivity contribution in [3.63, 3.8) is 0 Å². The molecule has 88 valence electrons. The van der Waals surface area contributed by atoms with Gasteiger partial charge in [0.2, 0.25) is 0 Å². The second-order valence-electron chi connectivity index (χ2n) is 4.41. The molecule has 2 heterocycles. The van der Waals surface area contributed by atoms with E-state index >= 15 is 0 Å². The Kier molecular flexibility index (Phi) is 3.28. The average Bonchev–Trinajstić information content (AvgIpc) is 2.65. The van der Waals surface area contributed by atoms with Crippen LogP contribution in [0.2, 0.25) is 0 Å². The molecule has 5 heteroatoms. The van der Waals surface area contributed by atoms with E-state index in [1.54, 1.807) is 11.3 Å². The molecule has 1 aromatic heterocycles. The van der Waals surface area contributed by atoms with E-state index in [2.05, 4.69) is 21.7 Å². The van der Waals surface area contributed by atoms with Crippen LogP contribution in [-0.4, -0.2) is 41.3 Å². The highest BCUT2D eigenvalue weighted by Crippen LogP contribution is 2.26. The van der Waals surface area contributed by atoms with Crippen molar-refractivity contribution in [3.8, 4) is 0 Å². The Morgan fingerprint density at radius 3 is 3.00 bits per heavy atom. The molecule has 0 aromatic carbocycles. The van der Waals surface area contributed by atoms with Crippen LogP contribution in [0.1, 0.15) is 12.5 Å². The van der Waals surface area contributed by atoms with Crippen LogP contribution in [0.5, 0.6) is 0 Å². The zero-order valence-corrected chi connectivity index (χ0v) is 10.00. The van der Waals surface area contributed by atoms with Crippen molar-refractivity contribution >= 4 is 17.3 Å². The number of likely N-dealkylation sites (tertiary alicyclic amines) is 1. The lowest BCUT2D eigenvalue weighted by Crippen LogP contribution is -2.61. The number of ether oxygens (including phenoxy) is 1. The standard InChI is InChI=1S/C11H15NO3S/c1-11(15-5-10(13)14)7-12(8-11)4-9-2-3-16-6-9/h2-3,6H,4-5,7-8H2,1H3,(H,13,14). The fraction of sp³-hybridized carbons (Fsp3) is 0.545. The van der Waals surface area contributed by atoms with Crippen molar-refractivity contribution in [2.24, 2.45) is 0 Å². The fourth-order valence-electron chi connectivity index (χ4n) is 1.98. The van der Waals surface area contributed by atoms with Gasteiger partial charge in [-0.3, -0.25) is 4.90 Å². The number of hydrogen-bond donors (Lipinski definition) is 1. The van der Waals surface area contributed by atoms with Gasteiger partial charge in [-0.1, -0.05) is 0 Å². The van der Waals surface area contributed by atoms with Gasteiger partial charge in [0.15, 0.2) is 0 Å². The Morgan fingerprint density at radius 1 is 1.69 bits per heavy atom. The maximum Gasteiger partial charge on any atom is 0.329 e. The monoisotopic (exact) mass is 241 g/mol. The van der Waals surface area contributed by atoms with E-state index in [0.717, 1.165) is 19.6 Å². The van der Waals surface area contributed by atoms with Gasteiger partial charge in [0.25, 0.3) is 0 Å². The molecular weight excluding hydrogens is 226 g/mol. The van der Waals surface area contributed by atoms with Crippen molar-refractivity contribution in [2.75, 3.05) is 19.7 Å². The van der Waals surface area contributed by atoms with Gasteiger partial charge >= 0.3 is 5.97 Å². The number of hydrogen-bond acceptors (Lipinski definition) is 4. The molecule has 1 aromatic rings. The summed E-state index contributed by atoms with van der Waals surface area (Å²) in [5.74, 6) is -0.905. The lowest BCUT2D eigenvalue weighted by molar-refractivity contribution is -0.165. The molecule has 0 atom stereocenters. The first-order valence-electron chi connectivity index (χ1n) is 5.17.